The first-order valence-corrected chi connectivity index (χ1v) is 7.90. The normalized spacial score (nSPS) is 15.4. The number of nitrogens with one attached hydrogen (secondary N) is 2. The van der Waals surface area contributed by atoms with Gasteiger partial charge in [0.1, 0.15) is 18.2 Å². The van der Waals surface area contributed by atoms with Crippen molar-refractivity contribution >= 4 is 23.3 Å². The van der Waals surface area contributed by atoms with Crippen LogP contribution in [0.15, 0.2) is 36.0 Å². The number of amides is 1. The maximum absolute atomic E-state index is 11.7. The Bertz CT molecular complexity index is 685. The lowest BCUT2D eigenvalue weighted by Gasteiger charge is -2.34. The van der Waals surface area contributed by atoms with E-state index in [1.165, 1.54) is 6.20 Å². The molecule has 1 aromatic carbocycles. The smallest absolute Gasteiger partial charge is 0.322 e. The molecule has 0 aromatic heterocycles. The Morgan fingerprint density at radius 1 is 1.24 bits per heavy atom. The van der Waals surface area contributed by atoms with Crippen LogP contribution in [0.5, 0.6) is 0 Å². The van der Waals surface area contributed by atoms with Gasteiger partial charge in [0.25, 0.3) is 5.91 Å². The molecule has 0 radical (unpaired) electrons. The van der Waals surface area contributed by atoms with Crippen LogP contribution in [0.3, 0.4) is 0 Å². The zero-order chi connectivity index (χ0) is 18.2. The van der Waals surface area contributed by atoms with Crippen LogP contribution >= 0.6 is 0 Å². The lowest BCUT2D eigenvalue weighted by molar-refractivity contribution is -0.137. The Hall–Kier alpha value is -3.05. The predicted octanol–water partition coefficient (Wildman–Crippen LogP) is 0.459. The third-order valence-electron chi connectivity index (χ3n) is 3.88. The standard InChI is InChI=1S/C17H21N5O3/c1-21-6-8-22(9-7-21)15-4-2-14(3-5-15)19-11-13(10-18)17(25)20-12-16(23)24/h2-5,11,19H,6-9,12H2,1H3,(H,20,25)(H,23,24)/b13-11-. The SMILES string of the molecule is CN1CCN(c2ccc(N/C=C(/C#N)C(=O)NCC(=O)O)cc2)CC1. The number of nitriles is 1. The summed E-state index contributed by atoms with van der Waals surface area (Å²) >= 11 is 0. The highest BCUT2D eigenvalue weighted by atomic mass is 16.4. The molecule has 1 heterocycles. The van der Waals surface area contributed by atoms with Crippen molar-refractivity contribution in [2.24, 2.45) is 0 Å². The number of nitrogens with zero attached hydrogens (tertiary/aromatic N) is 3. The van der Waals surface area contributed by atoms with Crippen LogP contribution in [0.2, 0.25) is 0 Å². The summed E-state index contributed by atoms with van der Waals surface area (Å²) in [5.74, 6) is -1.90. The van der Waals surface area contributed by atoms with Gasteiger partial charge in [-0.25, -0.2) is 0 Å². The fourth-order valence-electron chi connectivity index (χ4n) is 2.39. The van der Waals surface area contributed by atoms with Crippen LogP contribution < -0.4 is 15.5 Å². The van der Waals surface area contributed by atoms with Crippen LogP contribution in [0.25, 0.3) is 0 Å². The Balaban J connectivity index is 1.94. The molecule has 1 fully saturated rings. The molecule has 0 unspecified atom stereocenters. The van der Waals surface area contributed by atoms with Gasteiger partial charge < -0.3 is 25.5 Å². The van der Waals surface area contributed by atoms with E-state index in [9.17, 15) is 9.59 Å². The molecule has 1 aliphatic rings. The fraction of sp³-hybridized carbons (Fsp3) is 0.353. The van der Waals surface area contributed by atoms with Crippen molar-refractivity contribution in [2.75, 3.05) is 50.0 Å². The number of likely N-dealkylation sites (N-methyl/N-ethyl adjacent to an activating group) is 1. The predicted molar refractivity (Wildman–Crippen MR) is 94.1 cm³/mol. The zero-order valence-corrected chi connectivity index (χ0v) is 14.0. The van der Waals surface area contributed by atoms with Crippen molar-refractivity contribution in [2.45, 2.75) is 0 Å². The monoisotopic (exact) mass is 343 g/mol. The van der Waals surface area contributed by atoms with Gasteiger partial charge >= 0.3 is 5.97 Å². The molecule has 8 heteroatoms. The molecular formula is C17H21N5O3. The second-order valence-electron chi connectivity index (χ2n) is 5.73. The number of rotatable bonds is 6. The molecule has 25 heavy (non-hydrogen) atoms. The first kappa shape index (κ1) is 18.3. The van der Waals surface area contributed by atoms with Crippen molar-refractivity contribution in [3.63, 3.8) is 0 Å². The Morgan fingerprint density at radius 3 is 2.44 bits per heavy atom. The Labute approximate surface area is 146 Å². The van der Waals surface area contributed by atoms with Crippen LogP contribution in [0.1, 0.15) is 0 Å². The average molecular weight is 343 g/mol. The van der Waals surface area contributed by atoms with Gasteiger partial charge in [0.15, 0.2) is 0 Å². The van der Waals surface area contributed by atoms with Gasteiger partial charge in [-0.3, -0.25) is 9.59 Å². The van der Waals surface area contributed by atoms with Crippen LogP contribution in [-0.4, -0.2) is 61.7 Å². The highest BCUT2D eigenvalue weighted by Crippen LogP contribution is 2.19. The van der Waals surface area contributed by atoms with E-state index in [0.29, 0.717) is 0 Å². The molecule has 1 aliphatic heterocycles. The first-order valence-electron chi connectivity index (χ1n) is 7.90. The second kappa shape index (κ2) is 8.70. The quantitative estimate of drug-likeness (QED) is 0.508. The maximum Gasteiger partial charge on any atom is 0.322 e. The topological polar surface area (TPSA) is 109 Å². The molecule has 1 saturated heterocycles. The van der Waals surface area contributed by atoms with Crippen LogP contribution in [-0.2, 0) is 9.59 Å². The van der Waals surface area contributed by atoms with Gasteiger partial charge in [0.05, 0.1) is 0 Å². The number of carboxylic acid groups (broad SMARTS) is 1. The molecule has 0 bridgehead atoms. The molecule has 0 saturated carbocycles. The van der Waals surface area contributed by atoms with E-state index in [4.69, 9.17) is 10.4 Å². The minimum Gasteiger partial charge on any atom is -0.480 e. The number of carbonyl (C=O) groups excluding carboxylic acids is 1. The molecule has 1 aromatic rings. The molecule has 0 spiro atoms. The van der Waals surface area contributed by atoms with Gasteiger partial charge in [-0.05, 0) is 31.3 Å². The highest BCUT2D eigenvalue weighted by Gasteiger charge is 2.14. The first-order chi connectivity index (χ1) is 12.0. The molecule has 8 nitrogen and oxygen atoms in total. The zero-order valence-electron chi connectivity index (χ0n) is 14.0. The van der Waals surface area contributed by atoms with Gasteiger partial charge in [0, 0.05) is 43.8 Å². The number of piperazine rings is 1. The van der Waals surface area contributed by atoms with Gasteiger partial charge in [-0.1, -0.05) is 0 Å². The van der Waals surface area contributed by atoms with Crippen molar-refractivity contribution in [3.05, 3.63) is 36.0 Å². The Morgan fingerprint density at radius 2 is 1.88 bits per heavy atom. The maximum atomic E-state index is 11.7. The Kier molecular flexibility index (Phi) is 6.37. The summed E-state index contributed by atoms with van der Waals surface area (Å²) in [6.45, 7) is 3.48. The number of benzene rings is 1. The molecular weight excluding hydrogens is 322 g/mol. The van der Waals surface area contributed by atoms with Gasteiger partial charge in [-0.2, -0.15) is 5.26 Å². The number of aliphatic carboxylic acids is 1. The minimum atomic E-state index is -1.17. The van der Waals surface area contributed by atoms with Crippen molar-refractivity contribution in [1.82, 2.24) is 10.2 Å². The number of hydrogen-bond donors (Lipinski definition) is 3. The minimum absolute atomic E-state index is 0.190. The third kappa shape index (κ3) is 5.51. The van der Waals surface area contributed by atoms with Crippen molar-refractivity contribution in [1.29, 1.82) is 5.26 Å². The van der Waals surface area contributed by atoms with Crippen LogP contribution in [0.4, 0.5) is 11.4 Å². The number of anilines is 2. The summed E-state index contributed by atoms with van der Waals surface area (Å²) in [4.78, 5) is 26.7. The van der Waals surface area contributed by atoms with Crippen molar-refractivity contribution in [3.8, 4) is 6.07 Å². The van der Waals surface area contributed by atoms with E-state index < -0.39 is 18.4 Å². The molecule has 1 amide bonds. The van der Waals surface area contributed by atoms with E-state index in [0.717, 1.165) is 37.6 Å². The summed E-state index contributed by atoms with van der Waals surface area (Å²) in [5.41, 5.74) is 1.67. The van der Waals surface area contributed by atoms with E-state index >= 15 is 0 Å². The van der Waals surface area contributed by atoms with E-state index in [1.807, 2.05) is 24.3 Å². The van der Waals surface area contributed by atoms with E-state index in [2.05, 4.69) is 27.5 Å². The van der Waals surface area contributed by atoms with Crippen LogP contribution in [0, 0.1) is 11.3 Å². The molecule has 0 atom stereocenters. The van der Waals surface area contributed by atoms with E-state index in [1.54, 1.807) is 6.07 Å². The fourth-order valence-corrected chi connectivity index (χ4v) is 2.39. The van der Waals surface area contributed by atoms with Crippen molar-refractivity contribution < 1.29 is 14.7 Å². The average Bonchev–Trinajstić information content (AvgIpc) is 2.61. The number of carbonyl (C=O) groups is 2. The summed E-state index contributed by atoms with van der Waals surface area (Å²) in [6, 6.07) is 9.45. The highest BCUT2D eigenvalue weighted by molar-refractivity contribution is 5.98. The molecule has 3 N–H and O–H groups in total. The summed E-state index contributed by atoms with van der Waals surface area (Å²) in [5, 5.41) is 22.6. The summed E-state index contributed by atoms with van der Waals surface area (Å²) in [7, 11) is 2.11. The molecule has 0 aliphatic carbocycles. The number of hydrogen-bond acceptors (Lipinski definition) is 6. The van der Waals surface area contributed by atoms with Gasteiger partial charge in [0.2, 0.25) is 0 Å². The second-order valence-corrected chi connectivity index (χ2v) is 5.73. The number of carboxylic acids is 1. The largest absolute Gasteiger partial charge is 0.480 e. The lowest BCUT2D eigenvalue weighted by atomic mass is 10.2. The van der Waals surface area contributed by atoms with Gasteiger partial charge in [-0.15, -0.1) is 0 Å². The third-order valence-corrected chi connectivity index (χ3v) is 3.88. The lowest BCUT2D eigenvalue weighted by Crippen LogP contribution is -2.44. The summed E-state index contributed by atoms with van der Waals surface area (Å²) < 4.78 is 0. The van der Waals surface area contributed by atoms with E-state index in [-0.39, 0.29) is 5.57 Å². The molecule has 2 rings (SSSR count). The molecule has 132 valence electrons. The summed E-state index contributed by atoms with van der Waals surface area (Å²) in [6.07, 6.45) is 1.27.